The zero-order valence-corrected chi connectivity index (χ0v) is 18.7. The van der Waals surface area contributed by atoms with Crippen LogP contribution in [0.4, 0.5) is 5.69 Å². The number of carbonyl (C=O) groups is 1. The Morgan fingerprint density at radius 3 is 2.69 bits per heavy atom. The lowest BCUT2D eigenvalue weighted by atomic mass is 10.0. The van der Waals surface area contributed by atoms with Crippen molar-refractivity contribution >= 4 is 11.6 Å². The van der Waals surface area contributed by atoms with E-state index in [-0.39, 0.29) is 18.1 Å². The Hall–Kier alpha value is -3.74. The number of fused-ring (bicyclic) bond motifs is 1. The monoisotopic (exact) mass is 429 g/mol. The summed E-state index contributed by atoms with van der Waals surface area (Å²) in [5, 5.41) is 8.10. The number of aryl methyl sites for hydroxylation is 1. The third kappa shape index (κ3) is 3.21. The highest BCUT2D eigenvalue weighted by Crippen LogP contribution is 2.37. The van der Waals surface area contributed by atoms with E-state index in [2.05, 4.69) is 48.7 Å². The Balaban J connectivity index is 1.62. The molecule has 0 saturated carbocycles. The van der Waals surface area contributed by atoms with Crippen LogP contribution in [-0.2, 0) is 6.54 Å². The molecule has 1 aliphatic rings. The van der Waals surface area contributed by atoms with Crippen molar-refractivity contribution in [3.05, 3.63) is 89.3 Å². The Kier molecular flexibility index (Phi) is 4.89. The summed E-state index contributed by atoms with van der Waals surface area (Å²) in [6, 6.07) is 15.8. The van der Waals surface area contributed by atoms with Crippen LogP contribution in [0.25, 0.3) is 5.82 Å². The first-order chi connectivity index (χ1) is 15.5. The van der Waals surface area contributed by atoms with Crippen LogP contribution in [0.3, 0.4) is 0 Å². The lowest BCUT2D eigenvalue weighted by Gasteiger charge is -2.37. The van der Waals surface area contributed by atoms with Gasteiger partial charge < -0.3 is 19.2 Å². The normalized spacial score (nSPS) is 15.8. The van der Waals surface area contributed by atoms with Crippen LogP contribution in [0.15, 0.2) is 65.4 Å². The number of hydrogen-bond acceptors (Lipinski definition) is 4. The van der Waals surface area contributed by atoms with Gasteiger partial charge in [0.1, 0.15) is 17.7 Å². The second kappa shape index (κ2) is 7.75. The Morgan fingerprint density at radius 1 is 1.12 bits per heavy atom. The Labute approximate surface area is 187 Å². The first-order valence-electron chi connectivity index (χ1n) is 10.9. The molecule has 0 saturated heterocycles. The Bertz CT molecular complexity index is 1270. The summed E-state index contributed by atoms with van der Waals surface area (Å²) in [6.07, 6.45) is 3.15. The van der Waals surface area contributed by atoms with Crippen LogP contribution < -0.4 is 5.32 Å². The minimum absolute atomic E-state index is 0.0159. The maximum absolute atomic E-state index is 13.5. The number of benzene rings is 1. The topological polar surface area (TPSA) is 68.2 Å². The largest absolute Gasteiger partial charge is 0.467 e. The van der Waals surface area contributed by atoms with Crippen LogP contribution in [0.2, 0.25) is 0 Å². The van der Waals surface area contributed by atoms with Gasteiger partial charge in [0.15, 0.2) is 0 Å². The molecule has 0 radical (unpaired) electrons. The highest BCUT2D eigenvalue weighted by molar-refractivity contribution is 6.01. The maximum Gasteiger partial charge on any atom is 0.258 e. The van der Waals surface area contributed by atoms with Gasteiger partial charge in [0.25, 0.3) is 5.91 Å². The summed E-state index contributed by atoms with van der Waals surface area (Å²) in [7, 11) is 0. The molecule has 5 rings (SSSR count). The lowest BCUT2D eigenvalue weighted by Crippen LogP contribution is -2.42. The van der Waals surface area contributed by atoms with Gasteiger partial charge >= 0.3 is 0 Å². The van der Waals surface area contributed by atoms with Crippen LogP contribution >= 0.6 is 0 Å². The van der Waals surface area contributed by atoms with Crippen molar-refractivity contribution in [2.75, 3.05) is 5.32 Å². The summed E-state index contributed by atoms with van der Waals surface area (Å²) in [6.45, 7) is 8.80. The van der Waals surface area contributed by atoms with Crippen molar-refractivity contribution in [3.63, 3.8) is 0 Å². The van der Waals surface area contributed by atoms with Crippen LogP contribution in [0.5, 0.6) is 0 Å². The van der Waals surface area contributed by atoms with Crippen molar-refractivity contribution in [3.8, 4) is 5.82 Å². The van der Waals surface area contributed by atoms with Crippen molar-refractivity contribution in [2.24, 2.45) is 0 Å². The van der Waals surface area contributed by atoms with Crippen LogP contribution in [-0.4, -0.2) is 25.2 Å². The third-order valence-electron chi connectivity index (χ3n) is 6.06. The third-order valence-corrected chi connectivity index (χ3v) is 6.06. The van der Waals surface area contributed by atoms with Gasteiger partial charge in [-0.05, 0) is 58.0 Å². The molecule has 1 amide bonds. The highest BCUT2D eigenvalue weighted by atomic mass is 16.3. The molecule has 1 atom stereocenters. The average molecular weight is 430 g/mol. The van der Waals surface area contributed by atoms with Crippen molar-refractivity contribution in [1.29, 1.82) is 0 Å². The van der Waals surface area contributed by atoms with E-state index in [0.717, 1.165) is 34.2 Å². The number of nitrogens with one attached hydrogen (secondary N) is 1. The molecule has 3 aromatic heterocycles. The van der Waals surface area contributed by atoms with E-state index in [4.69, 9.17) is 4.42 Å². The van der Waals surface area contributed by atoms with Gasteiger partial charge in [0.2, 0.25) is 0 Å². The quantitative estimate of drug-likeness (QED) is 0.472. The fourth-order valence-corrected chi connectivity index (χ4v) is 4.57. The lowest BCUT2D eigenvalue weighted by molar-refractivity contribution is 0.0651. The molecule has 0 spiro atoms. The van der Waals surface area contributed by atoms with Gasteiger partial charge in [-0.1, -0.05) is 12.1 Å². The second-order valence-electron chi connectivity index (χ2n) is 8.49. The predicted molar refractivity (Wildman–Crippen MR) is 123 cm³/mol. The van der Waals surface area contributed by atoms with Gasteiger partial charge in [-0.3, -0.25) is 4.79 Å². The van der Waals surface area contributed by atoms with Crippen molar-refractivity contribution < 1.29 is 9.21 Å². The van der Waals surface area contributed by atoms with Crippen molar-refractivity contribution in [1.82, 2.24) is 19.2 Å². The molecule has 32 heavy (non-hydrogen) atoms. The molecule has 164 valence electrons. The number of aromatic nitrogens is 3. The van der Waals surface area contributed by atoms with Crippen LogP contribution in [0, 0.1) is 13.8 Å². The first-order valence-corrected chi connectivity index (χ1v) is 10.9. The fourth-order valence-electron chi connectivity index (χ4n) is 4.57. The van der Waals surface area contributed by atoms with Gasteiger partial charge in [-0.15, -0.1) is 0 Å². The molecular weight excluding hydrogens is 402 g/mol. The molecule has 0 unspecified atom stereocenters. The number of para-hydroxylation sites is 1. The number of carbonyl (C=O) groups excluding carboxylic acids is 1. The molecule has 0 bridgehead atoms. The molecule has 1 aliphatic heterocycles. The predicted octanol–water partition coefficient (Wildman–Crippen LogP) is 5.23. The van der Waals surface area contributed by atoms with E-state index in [1.807, 2.05) is 58.2 Å². The van der Waals surface area contributed by atoms with Gasteiger partial charge in [-0.2, -0.15) is 5.10 Å². The maximum atomic E-state index is 13.5. The number of anilines is 1. The summed E-state index contributed by atoms with van der Waals surface area (Å²) >= 11 is 0. The Morgan fingerprint density at radius 2 is 1.94 bits per heavy atom. The molecule has 1 N–H and O–H groups in total. The van der Waals surface area contributed by atoms with E-state index in [0.29, 0.717) is 12.1 Å². The molecule has 4 aromatic rings. The van der Waals surface area contributed by atoms with E-state index in [1.165, 1.54) is 0 Å². The minimum Gasteiger partial charge on any atom is -0.467 e. The number of rotatable bonds is 5. The fraction of sp³-hybridized carbons (Fsp3) is 0.280. The molecule has 7 heteroatoms. The molecule has 1 aromatic carbocycles. The number of amides is 1. The van der Waals surface area contributed by atoms with E-state index >= 15 is 0 Å². The van der Waals surface area contributed by atoms with Crippen molar-refractivity contribution in [2.45, 2.75) is 46.4 Å². The van der Waals surface area contributed by atoms with E-state index < -0.39 is 0 Å². The number of furan rings is 1. The molecule has 0 aliphatic carbocycles. The summed E-state index contributed by atoms with van der Waals surface area (Å²) in [5.41, 5.74) is 4.72. The minimum atomic E-state index is -0.321. The smallest absolute Gasteiger partial charge is 0.258 e. The SMILES string of the molecule is Cc1cc([C@@H]2Nc3ccccc3C(=O)N2Cc2ccco2)c(C)n1-c1ccnn1C(C)C. The van der Waals surface area contributed by atoms with Crippen LogP contribution in [0.1, 0.15) is 59.1 Å². The zero-order chi connectivity index (χ0) is 22.4. The molecule has 4 heterocycles. The van der Waals surface area contributed by atoms with Gasteiger partial charge in [0.05, 0.1) is 24.6 Å². The number of hydrogen-bond donors (Lipinski definition) is 1. The zero-order valence-electron chi connectivity index (χ0n) is 18.7. The first kappa shape index (κ1) is 20.2. The second-order valence-corrected chi connectivity index (χ2v) is 8.49. The van der Waals surface area contributed by atoms with Gasteiger partial charge in [0, 0.05) is 34.7 Å². The van der Waals surface area contributed by atoms with E-state index in [1.54, 1.807) is 6.26 Å². The summed E-state index contributed by atoms with van der Waals surface area (Å²) in [5.74, 6) is 1.75. The molecular formula is C25H27N5O2. The summed E-state index contributed by atoms with van der Waals surface area (Å²) < 4.78 is 9.80. The molecule has 0 fully saturated rings. The number of nitrogens with zero attached hydrogens (tertiary/aromatic N) is 4. The standard InChI is InChI=1S/C25H27N5O2/c1-16(2)30-23(11-12-26-30)29-17(3)14-21(18(29)4)24-27-22-10-6-5-9-20(22)25(31)28(24)15-19-8-7-13-32-19/h5-14,16,24,27H,15H2,1-4H3/t24-/m1/s1. The van der Waals surface area contributed by atoms with Gasteiger partial charge in [-0.25, -0.2) is 4.68 Å². The molecule has 7 nitrogen and oxygen atoms in total. The van der Waals surface area contributed by atoms with E-state index in [9.17, 15) is 4.79 Å². The summed E-state index contributed by atoms with van der Waals surface area (Å²) in [4.78, 5) is 15.4. The average Bonchev–Trinajstić information content (AvgIpc) is 3.51. The highest BCUT2D eigenvalue weighted by Gasteiger charge is 2.35.